The van der Waals surface area contributed by atoms with E-state index in [1.165, 1.54) is 0 Å². The summed E-state index contributed by atoms with van der Waals surface area (Å²) in [4.78, 5) is 0. The van der Waals surface area contributed by atoms with Crippen LogP contribution in [-0.2, 0) is 0 Å². The molecule has 0 saturated carbocycles. The third kappa shape index (κ3) is 3.14. The van der Waals surface area contributed by atoms with Crippen LogP contribution in [0.25, 0.3) is 0 Å². The van der Waals surface area contributed by atoms with Gasteiger partial charge in [-0.25, -0.2) is 4.39 Å². The molecule has 2 aromatic rings. The van der Waals surface area contributed by atoms with Crippen LogP contribution in [-0.4, -0.2) is 6.54 Å². The van der Waals surface area contributed by atoms with Crippen molar-refractivity contribution in [1.82, 2.24) is 5.32 Å². The first-order valence-electron chi connectivity index (χ1n) is 6.37. The van der Waals surface area contributed by atoms with Gasteiger partial charge in [-0.15, -0.1) is 0 Å². The lowest BCUT2D eigenvalue weighted by atomic mass is 9.97. The van der Waals surface area contributed by atoms with Crippen molar-refractivity contribution in [3.63, 3.8) is 0 Å². The maximum absolute atomic E-state index is 13.7. The Balaban J connectivity index is 2.45. The molecule has 3 heteroatoms. The third-order valence-corrected chi connectivity index (χ3v) is 3.50. The second-order valence-electron chi connectivity index (χ2n) is 4.52. The van der Waals surface area contributed by atoms with Gasteiger partial charge in [-0.2, -0.15) is 0 Å². The van der Waals surface area contributed by atoms with Crippen LogP contribution in [0.1, 0.15) is 29.7 Å². The number of hydrogen-bond acceptors (Lipinski definition) is 1. The fourth-order valence-electron chi connectivity index (χ4n) is 2.11. The Hall–Kier alpha value is -1.38. The van der Waals surface area contributed by atoms with E-state index in [-0.39, 0.29) is 11.9 Å². The minimum absolute atomic E-state index is 0.0891. The largest absolute Gasteiger partial charge is 0.306 e. The topological polar surface area (TPSA) is 12.0 Å². The number of aryl methyl sites for hydroxylation is 1. The molecule has 0 aliphatic rings. The summed E-state index contributed by atoms with van der Waals surface area (Å²) in [5.74, 6) is -0.188. The zero-order chi connectivity index (χ0) is 13.8. The van der Waals surface area contributed by atoms with Gasteiger partial charge in [0.1, 0.15) is 5.82 Å². The molecular formula is C16H17ClFN. The van der Waals surface area contributed by atoms with E-state index in [9.17, 15) is 4.39 Å². The minimum Gasteiger partial charge on any atom is -0.306 e. The maximum atomic E-state index is 13.7. The molecule has 1 nitrogen and oxygen atoms in total. The average Bonchev–Trinajstić information content (AvgIpc) is 2.40. The van der Waals surface area contributed by atoms with E-state index < -0.39 is 0 Å². The van der Waals surface area contributed by atoms with Crippen LogP contribution in [0.2, 0.25) is 5.02 Å². The Morgan fingerprint density at radius 2 is 1.95 bits per heavy atom. The first kappa shape index (κ1) is 14.0. The number of nitrogens with one attached hydrogen (secondary N) is 1. The summed E-state index contributed by atoms with van der Waals surface area (Å²) in [6, 6.07) is 12.9. The molecule has 0 bridgehead atoms. The van der Waals surface area contributed by atoms with Crippen LogP contribution in [0.4, 0.5) is 4.39 Å². The maximum Gasteiger partial charge on any atom is 0.126 e. The van der Waals surface area contributed by atoms with Crippen molar-refractivity contribution in [2.24, 2.45) is 0 Å². The molecule has 100 valence electrons. The molecule has 1 atom stereocenters. The van der Waals surface area contributed by atoms with Crippen LogP contribution in [0.5, 0.6) is 0 Å². The summed E-state index contributed by atoms with van der Waals surface area (Å²) in [6.45, 7) is 4.57. The molecule has 0 spiro atoms. The predicted molar refractivity (Wildman–Crippen MR) is 78.1 cm³/mol. The van der Waals surface area contributed by atoms with Gasteiger partial charge in [0.25, 0.3) is 0 Å². The fourth-order valence-corrected chi connectivity index (χ4v) is 2.35. The van der Waals surface area contributed by atoms with Crippen LogP contribution < -0.4 is 5.32 Å². The molecule has 0 radical (unpaired) electrons. The number of halogens is 2. The Morgan fingerprint density at radius 1 is 1.21 bits per heavy atom. The van der Waals surface area contributed by atoms with Crippen molar-refractivity contribution in [1.29, 1.82) is 0 Å². The van der Waals surface area contributed by atoms with E-state index in [0.717, 1.165) is 17.7 Å². The standard InChI is InChI=1S/C16H17ClFN/c1-3-19-16(13-6-4-5-7-14(13)17)12-9-8-11(2)15(18)10-12/h4-10,16,19H,3H2,1-2H3. The highest BCUT2D eigenvalue weighted by Crippen LogP contribution is 2.28. The van der Waals surface area contributed by atoms with E-state index in [4.69, 9.17) is 11.6 Å². The van der Waals surface area contributed by atoms with Crippen LogP contribution in [0.3, 0.4) is 0 Å². The molecule has 0 aliphatic carbocycles. The van der Waals surface area contributed by atoms with Crippen molar-refractivity contribution in [3.05, 3.63) is 70.0 Å². The lowest BCUT2D eigenvalue weighted by Gasteiger charge is -2.20. The van der Waals surface area contributed by atoms with Gasteiger partial charge in [0.2, 0.25) is 0 Å². The second kappa shape index (κ2) is 6.18. The second-order valence-corrected chi connectivity index (χ2v) is 4.93. The monoisotopic (exact) mass is 277 g/mol. The molecule has 0 aliphatic heterocycles. The normalized spacial score (nSPS) is 12.4. The van der Waals surface area contributed by atoms with E-state index in [1.54, 1.807) is 19.1 Å². The third-order valence-electron chi connectivity index (χ3n) is 3.15. The average molecular weight is 278 g/mol. The quantitative estimate of drug-likeness (QED) is 0.868. The lowest BCUT2D eigenvalue weighted by Crippen LogP contribution is -2.22. The molecule has 2 aromatic carbocycles. The van der Waals surface area contributed by atoms with Crippen molar-refractivity contribution in [2.45, 2.75) is 19.9 Å². The summed E-state index contributed by atoms with van der Waals surface area (Å²) in [6.07, 6.45) is 0. The number of benzene rings is 2. The Bertz CT molecular complexity index is 568. The first-order chi connectivity index (χ1) is 9.13. The van der Waals surface area contributed by atoms with Crippen molar-refractivity contribution in [2.75, 3.05) is 6.54 Å². The molecule has 1 unspecified atom stereocenters. The van der Waals surface area contributed by atoms with Crippen molar-refractivity contribution < 1.29 is 4.39 Å². The van der Waals surface area contributed by atoms with Gasteiger partial charge in [0, 0.05) is 5.02 Å². The fraction of sp³-hybridized carbons (Fsp3) is 0.250. The molecule has 0 saturated heterocycles. The van der Waals surface area contributed by atoms with E-state index in [2.05, 4.69) is 5.32 Å². The predicted octanol–water partition coefficient (Wildman–Crippen LogP) is 4.49. The Kier molecular flexibility index (Phi) is 4.56. The SMILES string of the molecule is CCNC(c1ccc(C)c(F)c1)c1ccccc1Cl. The van der Waals surface area contributed by atoms with Crippen LogP contribution in [0.15, 0.2) is 42.5 Å². The van der Waals surface area contributed by atoms with Gasteiger partial charge in [0.05, 0.1) is 6.04 Å². The first-order valence-corrected chi connectivity index (χ1v) is 6.75. The molecule has 1 N–H and O–H groups in total. The summed E-state index contributed by atoms with van der Waals surface area (Å²) in [5, 5.41) is 4.04. The van der Waals surface area contributed by atoms with Crippen molar-refractivity contribution in [3.8, 4) is 0 Å². The summed E-state index contributed by atoms with van der Waals surface area (Å²) in [7, 11) is 0. The summed E-state index contributed by atoms with van der Waals surface area (Å²) in [5.41, 5.74) is 2.51. The lowest BCUT2D eigenvalue weighted by molar-refractivity contribution is 0.597. The molecule has 0 fully saturated rings. The molecule has 0 aromatic heterocycles. The Morgan fingerprint density at radius 3 is 2.58 bits per heavy atom. The molecule has 0 heterocycles. The van der Waals surface area contributed by atoms with Gasteiger partial charge in [-0.3, -0.25) is 0 Å². The van der Waals surface area contributed by atoms with Gasteiger partial charge < -0.3 is 5.32 Å². The van der Waals surface area contributed by atoms with Gasteiger partial charge >= 0.3 is 0 Å². The van der Waals surface area contributed by atoms with Gasteiger partial charge in [0.15, 0.2) is 0 Å². The Labute approximate surface area is 118 Å². The van der Waals surface area contributed by atoms with Gasteiger partial charge in [-0.1, -0.05) is 48.9 Å². The van der Waals surface area contributed by atoms with Crippen LogP contribution >= 0.6 is 11.6 Å². The zero-order valence-electron chi connectivity index (χ0n) is 11.1. The molecule has 2 rings (SSSR count). The highest BCUT2D eigenvalue weighted by atomic mass is 35.5. The van der Waals surface area contributed by atoms with E-state index in [0.29, 0.717) is 10.6 Å². The summed E-state index contributed by atoms with van der Waals surface area (Å²) >= 11 is 6.24. The highest BCUT2D eigenvalue weighted by Gasteiger charge is 2.16. The van der Waals surface area contributed by atoms with E-state index in [1.807, 2.05) is 37.3 Å². The number of rotatable bonds is 4. The van der Waals surface area contributed by atoms with E-state index >= 15 is 0 Å². The smallest absolute Gasteiger partial charge is 0.126 e. The molecule has 19 heavy (non-hydrogen) atoms. The highest BCUT2D eigenvalue weighted by molar-refractivity contribution is 6.31. The molecular weight excluding hydrogens is 261 g/mol. The molecule has 0 amide bonds. The minimum atomic E-state index is -0.188. The van der Waals surface area contributed by atoms with Crippen LogP contribution in [0, 0.1) is 12.7 Å². The number of hydrogen-bond donors (Lipinski definition) is 1. The summed E-state index contributed by atoms with van der Waals surface area (Å²) < 4.78 is 13.7. The zero-order valence-corrected chi connectivity index (χ0v) is 11.8. The van der Waals surface area contributed by atoms with Gasteiger partial charge in [-0.05, 0) is 42.3 Å². The van der Waals surface area contributed by atoms with Crippen molar-refractivity contribution >= 4 is 11.6 Å².